The Bertz CT molecular complexity index is 829. The molecule has 1 aromatic heterocycles. The Hall–Kier alpha value is -2.20. The van der Waals surface area contributed by atoms with E-state index in [1.54, 1.807) is 6.07 Å². The van der Waals surface area contributed by atoms with Crippen LogP contribution in [0.4, 0.5) is 0 Å². The van der Waals surface area contributed by atoms with E-state index >= 15 is 0 Å². The number of benzene rings is 2. The lowest BCUT2D eigenvalue weighted by atomic mass is 10.1. The Morgan fingerprint density at radius 1 is 1.00 bits per heavy atom. The third-order valence-electron chi connectivity index (χ3n) is 3.74. The molecule has 4 heteroatoms. The van der Waals surface area contributed by atoms with Crippen LogP contribution in [0.3, 0.4) is 0 Å². The fraction of sp³-hybridized carbons (Fsp3) is 0.211. The van der Waals surface area contributed by atoms with E-state index in [1.165, 1.54) is 11.6 Å². The number of pyridine rings is 1. The van der Waals surface area contributed by atoms with Gasteiger partial charge in [0, 0.05) is 11.5 Å². The van der Waals surface area contributed by atoms with Crippen LogP contribution >= 0.6 is 12.6 Å². The van der Waals surface area contributed by atoms with Crippen LogP contribution in [-0.4, -0.2) is 10.4 Å². The first-order valence-corrected chi connectivity index (χ1v) is 8.25. The number of rotatable bonds is 6. The van der Waals surface area contributed by atoms with Gasteiger partial charge in [0.05, 0.1) is 5.52 Å². The molecule has 0 fully saturated rings. The fourth-order valence-corrected chi connectivity index (χ4v) is 2.88. The van der Waals surface area contributed by atoms with Crippen LogP contribution in [0.25, 0.3) is 10.9 Å². The number of aromatic amines is 1. The zero-order valence-corrected chi connectivity index (χ0v) is 13.6. The second-order valence-electron chi connectivity index (χ2n) is 5.49. The molecule has 0 saturated heterocycles. The van der Waals surface area contributed by atoms with Gasteiger partial charge < -0.3 is 9.72 Å². The average molecular weight is 325 g/mol. The smallest absolute Gasteiger partial charge is 0.248 e. The van der Waals surface area contributed by atoms with Crippen LogP contribution in [0.1, 0.15) is 18.4 Å². The van der Waals surface area contributed by atoms with Gasteiger partial charge >= 0.3 is 0 Å². The molecule has 0 aliphatic heterocycles. The van der Waals surface area contributed by atoms with E-state index < -0.39 is 0 Å². The maximum Gasteiger partial charge on any atom is 0.248 e. The molecule has 0 aliphatic carbocycles. The number of thiol groups is 1. The largest absolute Gasteiger partial charge is 0.478 e. The van der Waals surface area contributed by atoms with Crippen molar-refractivity contribution in [3.05, 3.63) is 76.6 Å². The lowest BCUT2D eigenvalue weighted by Crippen LogP contribution is -2.11. The highest BCUT2D eigenvalue weighted by Crippen LogP contribution is 2.25. The van der Waals surface area contributed by atoms with Gasteiger partial charge in [-0.15, -0.1) is 12.6 Å². The number of fused-ring (bicyclic) bond motifs is 1. The molecule has 23 heavy (non-hydrogen) atoms. The quantitative estimate of drug-likeness (QED) is 0.527. The summed E-state index contributed by atoms with van der Waals surface area (Å²) in [7, 11) is 0. The highest BCUT2D eigenvalue weighted by Gasteiger charge is 2.09. The summed E-state index contributed by atoms with van der Waals surface area (Å²) >= 11 is 4.53. The number of hydrogen-bond donors (Lipinski definition) is 2. The van der Waals surface area contributed by atoms with Crippen LogP contribution < -0.4 is 10.3 Å². The van der Waals surface area contributed by atoms with Crippen LogP contribution in [0, 0.1) is 0 Å². The summed E-state index contributed by atoms with van der Waals surface area (Å²) in [6.07, 6.45) is 2.85. The summed E-state index contributed by atoms with van der Waals surface area (Å²) in [5, 5.41) is 0.951. The Morgan fingerprint density at radius 3 is 2.65 bits per heavy atom. The lowest BCUT2D eigenvalue weighted by molar-refractivity contribution is 0.278. The average Bonchev–Trinajstić information content (AvgIpc) is 2.56. The minimum Gasteiger partial charge on any atom is -0.478 e. The summed E-state index contributed by atoms with van der Waals surface area (Å²) in [6, 6.07) is 19.4. The molecule has 3 aromatic rings. The molecule has 2 aromatic carbocycles. The summed E-state index contributed by atoms with van der Waals surface area (Å²) in [5.74, 6) is 0.667. The van der Waals surface area contributed by atoms with Gasteiger partial charge in [-0.3, -0.25) is 4.79 Å². The van der Waals surface area contributed by atoms with Gasteiger partial charge in [-0.25, -0.2) is 0 Å². The standard InChI is InChI=1S/C19H19NO2S/c21-17-13-12-15-9-5-10-16(19(15)20-17)22-18(23)11-4-8-14-6-2-1-3-7-14/h1-3,5-7,9-10,12-13,18,23H,4,8,11H2,(H,20,21). The van der Waals surface area contributed by atoms with Gasteiger partial charge in [-0.05, 0) is 37.0 Å². The summed E-state index contributed by atoms with van der Waals surface area (Å²) in [4.78, 5) is 14.4. The maximum atomic E-state index is 11.5. The van der Waals surface area contributed by atoms with E-state index in [1.807, 2.05) is 24.3 Å². The van der Waals surface area contributed by atoms with Crippen molar-refractivity contribution >= 4 is 23.5 Å². The number of ether oxygens (including phenoxy) is 1. The van der Waals surface area contributed by atoms with E-state index in [4.69, 9.17) is 4.74 Å². The van der Waals surface area contributed by atoms with E-state index in [2.05, 4.69) is 41.9 Å². The van der Waals surface area contributed by atoms with Crippen LogP contribution in [0.15, 0.2) is 65.5 Å². The van der Waals surface area contributed by atoms with Gasteiger partial charge in [0.2, 0.25) is 5.56 Å². The Kier molecular flexibility index (Phi) is 5.03. The third kappa shape index (κ3) is 4.17. The van der Waals surface area contributed by atoms with Gasteiger partial charge in [0.25, 0.3) is 0 Å². The first kappa shape index (κ1) is 15.7. The number of H-pyrrole nitrogens is 1. The van der Waals surface area contributed by atoms with Crippen molar-refractivity contribution in [2.45, 2.75) is 24.7 Å². The van der Waals surface area contributed by atoms with Gasteiger partial charge in [0.15, 0.2) is 0 Å². The SMILES string of the molecule is O=c1ccc2cccc(OC(S)CCCc3ccccc3)c2[nH]1. The van der Waals surface area contributed by atoms with Crippen molar-refractivity contribution in [1.82, 2.24) is 4.98 Å². The minimum atomic E-state index is -0.201. The van der Waals surface area contributed by atoms with E-state index in [0.717, 1.165) is 30.2 Å². The van der Waals surface area contributed by atoms with Crippen molar-refractivity contribution in [3.63, 3.8) is 0 Å². The Balaban J connectivity index is 1.63. The zero-order chi connectivity index (χ0) is 16.1. The number of para-hydroxylation sites is 1. The molecule has 1 N–H and O–H groups in total. The molecule has 118 valence electrons. The highest BCUT2D eigenvalue weighted by atomic mass is 32.1. The monoisotopic (exact) mass is 325 g/mol. The molecule has 1 unspecified atom stereocenters. The lowest BCUT2D eigenvalue weighted by Gasteiger charge is -2.15. The second kappa shape index (κ2) is 7.38. The number of nitrogens with one attached hydrogen (secondary N) is 1. The number of aryl methyl sites for hydroxylation is 1. The topological polar surface area (TPSA) is 42.1 Å². The number of hydrogen-bond acceptors (Lipinski definition) is 3. The van der Waals surface area contributed by atoms with Crippen molar-refractivity contribution in [2.24, 2.45) is 0 Å². The van der Waals surface area contributed by atoms with Gasteiger partial charge in [-0.1, -0.05) is 42.5 Å². The molecule has 3 nitrogen and oxygen atoms in total. The predicted molar refractivity (Wildman–Crippen MR) is 97.4 cm³/mol. The van der Waals surface area contributed by atoms with Gasteiger partial charge in [0.1, 0.15) is 11.2 Å². The fourth-order valence-electron chi connectivity index (χ4n) is 2.58. The Labute approximate surface area is 140 Å². The molecule has 3 rings (SSSR count). The predicted octanol–water partition coefficient (Wildman–Crippen LogP) is 4.19. The van der Waals surface area contributed by atoms with Crippen molar-refractivity contribution < 1.29 is 4.74 Å². The number of aromatic nitrogens is 1. The summed E-state index contributed by atoms with van der Waals surface area (Å²) in [6.45, 7) is 0. The molecule has 0 radical (unpaired) electrons. The molecule has 1 atom stereocenters. The van der Waals surface area contributed by atoms with Crippen molar-refractivity contribution in [1.29, 1.82) is 0 Å². The van der Waals surface area contributed by atoms with E-state index in [9.17, 15) is 4.79 Å². The third-order valence-corrected chi connectivity index (χ3v) is 4.11. The van der Waals surface area contributed by atoms with Crippen molar-refractivity contribution in [2.75, 3.05) is 0 Å². The van der Waals surface area contributed by atoms with Crippen LogP contribution in [0.5, 0.6) is 5.75 Å². The maximum absolute atomic E-state index is 11.5. The molecular formula is C19H19NO2S. The first-order chi connectivity index (χ1) is 11.2. The molecule has 0 aliphatic rings. The molecule has 0 bridgehead atoms. The summed E-state index contributed by atoms with van der Waals surface area (Å²) < 4.78 is 5.91. The first-order valence-electron chi connectivity index (χ1n) is 7.73. The molecule has 0 amide bonds. The molecule has 0 spiro atoms. The van der Waals surface area contributed by atoms with Crippen LogP contribution in [-0.2, 0) is 6.42 Å². The normalized spacial score (nSPS) is 12.2. The molecule has 1 heterocycles. The van der Waals surface area contributed by atoms with E-state index in [0.29, 0.717) is 5.75 Å². The Morgan fingerprint density at radius 2 is 1.83 bits per heavy atom. The van der Waals surface area contributed by atoms with E-state index in [-0.39, 0.29) is 11.0 Å². The van der Waals surface area contributed by atoms with Crippen LogP contribution in [0.2, 0.25) is 0 Å². The van der Waals surface area contributed by atoms with Gasteiger partial charge in [-0.2, -0.15) is 0 Å². The van der Waals surface area contributed by atoms with Crippen molar-refractivity contribution in [3.8, 4) is 5.75 Å². The summed E-state index contributed by atoms with van der Waals surface area (Å²) in [5.41, 5.74) is 1.71. The molecule has 0 saturated carbocycles. The minimum absolute atomic E-state index is 0.131. The molecular weight excluding hydrogens is 306 g/mol. The second-order valence-corrected chi connectivity index (χ2v) is 6.07. The highest BCUT2D eigenvalue weighted by molar-refractivity contribution is 7.80. The zero-order valence-electron chi connectivity index (χ0n) is 12.7.